The number of allylic oxidation sites excluding steroid dienone is 2. The highest BCUT2D eigenvalue weighted by molar-refractivity contribution is 6.32. The van der Waals surface area contributed by atoms with Crippen LogP contribution >= 0.6 is 11.6 Å². The van der Waals surface area contributed by atoms with E-state index in [1.54, 1.807) is 6.07 Å². The SMILES string of the molecule is COc1cc(/C=N\N2C(=O)[C@H]3[C@@H]4C=C[C@H]([C@H]5C[C@H]45)[C@@H]3C2=O)cc(Cl)c1O. The molecule has 6 rings (SSSR count). The van der Waals surface area contributed by atoms with E-state index in [4.69, 9.17) is 16.3 Å². The molecule has 1 aromatic carbocycles. The lowest BCUT2D eigenvalue weighted by atomic mass is 9.63. The molecule has 0 unspecified atom stereocenters. The van der Waals surface area contributed by atoms with Gasteiger partial charge in [0, 0.05) is 0 Å². The predicted octanol–water partition coefficient (Wildman–Crippen LogP) is 2.44. The van der Waals surface area contributed by atoms with Gasteiger partial charge in [0.2, 0.25) is 0 Å². The van der Waals surface area contributed by atoms with Crippen LogP contribution in [0.3, 0.4) is 0 Å². The molecule has 3 fully saturated rings. The van der Waals surface area contributed by atoms with Crippen LogP contribution in [-0.4, -0.2) is 35.3 Å². The number of hydrogen-bond donors (Lipinski definition) is 1. The third kappa shape index (κ3) is 2.02. The summed E-state index contributed by atoms with van der Waals surface area (Å²) in [5, 5.41) is 15.1. The van der Waals surface area contributed by atoms with E-state index in [1.807, 2.05) is 0 Å². The summed E-state index contributed by atoms with van der Waals surface area (Å²) in [5.74, 6) is 0.564. The number of carbonyl (C=O) groups excluding carboxylic acids is 2. The number of rotatable bonds is 3. The molecule has 0 spiro atoms. The number of aromatic hydroxyl groups is 1. The van der Waals surface area contributed by atoms with Crippen molar-refractivity contribution in [1.29, 1.82) is 0 Å². The second kappa shape index (κ2) is 5.33. The molecular formula is C19H17ClN2O4. The normalized spacial score (nSPS) is 36.6. The number of amides is 2. The summed E-state index contributed by atoms with van der Waals surface area (Å²) >= 11 is 5.97. The van der Waals surface area contributed by atoms with Crippen molar-refractivity contribution < 1.29 is 19.4 Å². The fourth-order valence-electron chi connectivity index (χ4n) is 5.00. The molecule has 4 aliphatic carbocycles. The maximum Gasteiger partial charge on any atom is 0.254 e. The molecule has 1 aromatic rings. The second-order valence-electron chi connectivity index (χ2n) is 7.44. The molecular weight excluding hydrogens is 356 g/mol. The molecule has 7 heteroatoms. The van der Waals surface area contributed by atoms with Crippen molar-refractivity contribution in [3.05, 3.63) is 34.9 Å². The molecule has 26 heavy (non-hydrogen) atoms. The summed E-state index contributed by atoms with van der Waals surface area (Å²) in [6.45, 7) is 0. The Balaban J connectivity index is 1.44. The number of ether oxygens (including phenoxy) is 1. The van der Waals surface area contributed by atoms with Gasteiger partial charge in [-0.05, 0) is 47.8 Å². The van der Waals surface area contributed by atoms with Crippen LogP contribution < -0.4 is 4.74 Å². The lowest BCUT2D eigenvalue weighted by Gasteiger charge is -2.37. The molecule has 1 heterocycles. The Morgan fingerprint density at radius 3 is 2.38 bits per heavy atom. The molecule has 6 nitrogen and oxygen atoms in total. The fourth-order valence-corrected chi connectivity index (χ4v) is 5.22. The molecule has 1 aliphatic heterocycles. The van der Waals surface area contributed by atoms with Crippen LogP contribution in [0.15, 0.2) is 29.4 Å². The monoisotopic (exact) mass is 372 g/mol. The van der Waals surface area contributed by atoms with E-state index in [0.717, 1.165) is 11.4 Å². The third-order valence-corrected chi connectivity index (χ3v) is 6.52. The molecule has 0 radical (unpaired) electrons. The number of phenolic OH excluding ortho intramolecular Hbond substituents is 1. The van der Waals surface area contributed by atoms with Crippen molar-refractivity contribution in [2.45, 2.75) is 6.42 Å². The van der Waals surface area contributed by atoms with Gasteiger partial charge >= 0.3 is 0 Å². The Bertz CT molecular complexity index is 860. The number of carbonyl (C=O) groups is 2. The first kappa shape index (κ1) is 15.9. The number of nitrogens with zero attached hydrogens (tertiary/aromatic N) is 2. The molecule has 2 saturated carbocycles. The number of hydrogen-bond acceptors (Lipinski definition) is 5. The maximum atomic E-state index is 12.8. The minimum atomic E-state index is -0.267. The molecule has 1 saturated heterocycles. The molecule has 5 aliphatic rings. The van der Waals surface area contributed by atoms with Crippen molar-refractivity contribution in [1.82, 2.24) is 5.01 Å². The van der Waals surface area contributed by atoms with Crippen LogP contribution in [0.2, 0.25) is 5.02 Å². The van der Waals surface area contributed by atoms with Crippen molar-refractivity contribution in [2.24, 2.45) is 40.6 Å². The van der Waals surface area contributed by atoms with E-state index in [9.17, 15) is 14.7 Å². The predicted molar refractivity (Wildman–Crippen MR) is 93.8 cm³/mol. The van der Waals surface area contributed by atoms with E-state index in [-0.39, 0.29) is 52.0 Å². The Kier molecular flexibility index (Phi) is 3.26. The highest BCUT2D eigenvalue weighted by Gasteiger charge is 2.67. The highest BCUT2D eigenvalue weighted by atomic mass is 35.5. The third-order valence-electron chi connectivity index (χ3n) is 6.23. The van der Waals surface area contributed by atoms with E-state index in [0.29, 0.717) is 17.4 Å². The van der Waals surface area contributed by atoms with Crippen molar-refractivity contribution >= 4 is 29.6 Å². The van der Waals surface area contributed by atoms with E-state index >= 15 is 0 Å². The number of imide groups is 1. The summed E-state index contributed by atoms with van der Waals surface area (Å²) in [4.78, 5) is 25.7. The number of hydrazone groups is 1. The number of methoxy groups -OCH3 is 1. The molecule has 6 atom stereocenters. The van der Waals surface area contributed by atoms with Gasteiger partial charge in [-0.1, -0.05) is 23.8 Å². The van der Waals surface area contributed by atoms with E-state index < -0.39 is 0 Å². The first-order chi connectivity index (χ1) is 12.5. The van der Waals surface area contributed by atoms with Gasteiger partial charge < -0.3 is 9.84 Å². The van der Waals surface area contributed by atoms with Crippen LogP contribution in [0, 0.1) is 35.5 Å². The van der Waals surface area contributed by atoms with Crippen molar-refractivity contribution in [2.75, 3.05) is 7.11 Å². The van der Waals surface area contributed by atoms with E-state index in [2.05, 4.69) is 17.3 Å². The van der Waals surface area contributed by atoms with Crippen molar-refractivity contribution in [3.63, 3.8) is 0 Å². The smallest absolute Gasteiger partial charge is 0.254 e. The summed E-state index contributed by atoms with van der Waals surface area (Å²) in [6, 6.07) is 3.05. The van der Waals surface area contributed by atoms with Crippen LogP contribution in [0.1, 0.15) is 12.0 Å². The summed E-state index contributed by atoms with van der Waals surface area (Å²) in [5.41, 5.74) is 0.532. The van der Waals surface area contributed by atoms with Gasteiger partial charge in [0.1, 0.15) is 0 Å². The molecule has 1 N–H and O–H groups in total. The van der Waals surface area contributed by atoms with Gasteiger partial charge in [-0.2, -0.15) is 10.1 Å². The molecule has 2 bridgehead atoms. The minimum absolute atomic E-state index is 0.112. The van der Waals surface area contributed by atoms with Crippen LogP contribution in [0.5, 0.6) is 11.5 Å². The summed E-state index contributed by atoms with van der Waals surface area (Å²) < 4.78 is 5.06. The zero-order valence-electron chi connectivity index (χ0n) is 14.0. The average molecular weight is 373 g/mol. The molecule has 2 amide bonds. The number of halogens is 1. The number of benzene rings is 1. The zero-order valence-corrected chi connectivity index (χ0v) is 14.8. The number of phenols is 1. The highest BCUT2D eigenvalue weighted by Crippen LogP contribution is 2.65. The van der Waals surface area contributed by atoms with Crippen LogP contribution in [0.4, 0.5) is 0 Å². The first-order valence-electron chi connectivity index (χ1n) is 8.68. The Hall–Kier alpha value is -2.34. The van der Waals surface area contributed by atoms with Crippen LogP contribution in [-0.2, 0) is 9.59 Å². The largest absolute Gasteiger partial charge is 0.503 e. The lowest BCUT2D eigenvalue weighted by Crippen LogP contribution is -2.40. The van der Waals surface area contributed by atoms with Crippen LogP contribution in [0.25, 0.3) is 0 Å². The molecule has 0 aromatic heterocycles. The average Bonchev–Trinajstić information content (AvgIpc) is 3.41. The minimum Gasteiger partial charge on any atom is -0.503 e. The Labute approximate surface area is 155 Å². The van der Waals surface area contributed by atoms with E-state index in [1.165, 1.54) is 19.4 Å². The Morgan fingerprint density at radius 2 is 1.81 bits per heavy atom. The summed E-state index contributed by atoms with van der Waals surface area (Å²) in [7, 11) is 1.42. The lowest BCUT2D eigenvalue weighted by molar-refractivity contribution is -0.140. The van der Waals surface area contributed by atoms with Gasteiger partial charge in [-0.15, -0.1) is 0 Å². The maximum absolute atomic E-state index is 12.8. The zero-order chi connectivity index (χ0) is 18.2. The van der Waals surface area contributed by atoms with Gasteiger partial charge in [0.05, 0.1) is 30.2 Å². The topological polar surface area (TPSA) is 79.2 Å². The first-order valence-corrected chi connectivity index (χ1v) is 9.05. The second-order valence-corrected chi connectivity index (χ2v) is 7.85. The Morgan fingerprint density at radius 1 is 1.19 bits per heavy atom. The van der Waals surface area contributed by atoms with Crippen molar-refractivity contribution in [3.8, 4) is 11.5 Å². The van der Waals surface area contributed by atoms with Gasteiger partial charge in [-0.25, -0.2) is 0 Å². The van der Waals surface area contributed by atoms with Gasteiger partial charge in [-0.3, -0.25) is 9.59 Å². The fraction of sp³-hybridized carbons (Fsp3) is 0.421. The quantitative estimate of drug-likeness (QED) is 0.502. The van der Waals surface area contributed by atoms with Gasteiger partial charge in [0.25, 0.3) is 11.8 Å². The van der Waals surface area contributed by atoms with Gasteiger partial charge in [0.15, 0.2) is 11.5 Å². The molecule has 134 valence electrons. The standard InChI is InChI=1S/C19H17ClN2O4/c1-26-14-5-8(4-13(20)17(14)23)7-21-22-18(24)15-9-2-3-10(12-6-11(9)12)16(15)19(22)25/h2-5,7,9-12,15-16,23H,6H2,1H3/b21-7-/t9-,10-,11-,12-,15+,16+/m1/s1. The summed E-state index contributed by atoms with van der Waals surface area (Å²) in [6.07, 6.45) is 6.79.